The van der Waals surface area contributed by atoms with Gasteiger partial charge in [-0.1, -0.05) is 12.1 Å². The van der Waals surface area contributed by atoms with Crippen molar-refractivity contribution < 1.29 is 22.7 Å². The van der Waals surface area contributed by atoms with Crippen molar-refractivity contribution in [2.24, 2.45) is 0 Å². The van der Waals surface area contributed by atoms with Crippen molar-refractivity contribution in [1.29, 1.82) is 5.26 Å². The average Bonchev–Trinajstić information content (AvgIpc) is 2.70. The quantitative estimate of drug-likeness (QED) is 0.468. The minimum absolute atomic E-state index is 0.0298. The van der Waals surface area contributed by atoms with E-state index >= 15 is 0 Å². The van der Waals surface area contributed by atoms with Crippen LogP contribution in [0.3, 0.4) is 0 Å². The first kappa shape index (κ1) is 21.9. The largest absolute Gasteiger partial charge is 0.464 e. The zero-order valence-electron chi connectivity index (χ0n) is 15.9. The topological polar surface area (TPSA) is 117 Å². The van der Waals surface area contributed by atoms with Crippen molar-refractivity contribution in [3.05, 3.63) is 54.1 Å². The van der Waals surface area contributed by atoms with Gasteiger partial charge in [0.05, 0.1) is 29.6 Å². The summed E-state index contributed by atoms with van der Waals surface area (Å²) in [6.07, 6.45) is 0.849. The van der Waals surface area contributed by atoms with Crippen LogP contribution in [0.25, 0.3) is 0 Å². The number of aldehydes is 1. The highest BCUT2D eigenvalue weighted by Gasteiger charge is 2.17. The maximum atomic E-state index is 12.6. The number of para-hydroxylation sites is 1. The van der Waals surface area contributed by atoms with Crippen molar-refractivity contribution in [2.75, 3.05) is 29.3 Å². The van der Waals surface area contributed by atoms with Crippen LogP contribution >= 0.6 is 0 Å². The van der Waals surface area contributed by atoms with E-state index in [9.17, 15) is 18.0 Å². The molecule has 0 unspecified atom stereocenters. The number of nitrogens with zero attached hydrogens (tertiary/aromatic N) is 2. The second-order valence-corrected chi connectivity index (χ2v) is 7.72. The second kappa shape index (κ2) is 10.2. The molecule has 0 bridgehead atoms. The van der Waals surface area contributed by atoms with Crippen LogP contribution in [0.15, 0.2) is 53.4 Å². The Morgan fingerprint density at radius 2 is 1.86 bits per heavy atom. The van der Waals surface area contributed by atoms with E-state index in [0.717, 1.165) is 0 Å². The Morgan fingerprint density at radius 1 is 1.17 bits per heavy atom. The van der Waals surface area contributed by atoms with Crippen LogP contribution in [0.2, 0.25) is 0 Å². The fourth-order valence-electron chi connectivity index (χ4n) is 2.59. The van der Waals surface area contributed by atoms with Gasteiger partial charge in [0.1, 0.15) is 6.61 Å². The van der Waals surface area contributed by atoms with Crippen LogP contribution in [0.5, 0.6) is 0 Å². The van der Waals surface area contributed by atoms with E-state index in [1.54, 1.807) is 24.3 Å². The van der Waals surface area contributed by atoms with E-state index in [-0.39, 0.29) is 29.2 Å². The first-order valence-corrected chi connectivity index (χ1v) is 10.3. The van der Waals surface area contributed by atoms with Crippen LogP contribution < -0.4 is 9.62 Å². The number of esters is 1. The minimum Gasteiger partial charge on any atom is -0.464 e. The third-order valence-corrected chi connectivity index (χ3v) is 5.39. The Bertz CT molecular complexity index is 998. The molecule has 8 nitrogen and oxygen atoms in total. The van der Waals surface area contributed by atoms with Crippen molar-refractivity contribution >= 4 is 33.7 Å². The molecule has 0 spiro atoms. The summed E-state index contributed by atoms with van der Waals surface area (Å²) in [7, 11) is -3.88. The van der Waals surface area contributed by atoms with E-state index in [1.165, 1.54) is 31.2 Å². The van der Waals surface area contributed by atoms with Crippen molar-refractivity contribution in [3.8, 4) is 6.07 Å². The zero-order valence-corrected chi connectivity index (χ0v) is 16.7. The molecule has 0 aromatic heterocycles. The fraction of sp³-hybridized carbons (Fsp3) is 0.250. The Balaban J connectivity index is 2.18. The number of ether oxygens (including phenoxy) is 1. The molecule has 0 aliphatic heterocycles. The molecule has 0 heterocycles. The summed E-state index contributed by atoms with van der Waals surface area (Å²) in [5.41, 5.74) is 1.13. The van der Waals surface area contributed by atoms with Gasteiger partial charge < -0.3 is 9.64 Å². The predicted molar refractivity (Wildman–Crippen MR) is 108 cm³/mol. The van der Waals surface area contributed by atoms with Gasteiger partial charge in [-0.3, -0.25) is 14.3 Å². The SMILES string of the molecule is CC(=O)OCCN(CCC#N)c1ccc(S(=O)(=O)Nc2ccccc2C=O)cc1. The third kappa shape index (κ3) is 6.33. The molecule has 1 N–H and O–H groups in total. The Morgan fingerprint density at radius 3 is 2.48 bits per heavy atom. The first-order chi connectivity index (χ1) is 13.9. The van der Waals surface area contributed by atoms with E-state index in [4.69, 9.17) is 10.00 Å². The lowest BCUT2D eigenvalue weighted by Crippen LogP contribution is -2.29. The monoisotopic (exact) mass is 415 g/mol. The number of carbonyl (C=O) groups excluding carboxylic acids is 2. The lowest BCUT2D eigenvalue weighted by atomic mass is 10.2. The molecular formula is C20H21N3O5S. The molecule has 0 fully saturated rings. The summed E-state index contributed by atoms with van der Waals surface area (Å²) in [5, 5.41) is 8.83. The van der Waals surface area contributed by atoms with E-state index in [0.29, 0.717) is 25.1 Å². The van der Waals surface area contributed by atoms with E-state index in [2.05, 4.69) is 10.8 Å². The fourth-order valence-corrected chi connectivity index (χ4v) is 3.67. The molecule has 0 aliphatic rings. The minimum atomic E-state index is -3.88. The lowest BCUT2D eigenvalue weighted by molar-refractivity contribution is -0.140. The van der Waals surface area contributed by atoms with Crippen molar-refractivity contribution in [1.82, 2.24) is 0 Å². The molecular weight excluding hydrogens is 394 g/mol. The highest BCUT2D eigenvalue weighted by molar-refractivity contribution is 7.92. The summed E-state index contributed by atoms with van der Waals surface area (Å²) >= 11 is 0. The standard InChI is InChI=1S/C20H21N3O5S/c1-16(25)28-14-13-23(12-4-11-21)18-7-9-19(10-8-18)29(26,27)22-20-6-3-2-5-17(20)15-24/h2-3,5-10,15,22H,4,12-14H2,1H3. The molecule has 2 aromatic carbocycles. The van der Waals surface area contributed by atoms with Gasteiger partial charge >= 0.3 is 5.97 Å². The molecule has 0 saturated carbocycles. The number of hydrogen-bond donors (Lipinski definition) is 1. The highest BCUT2D eigenvalue weighted by Crippen LogP contribution is 2.22. The number of nitrogens with one attached hydrogen (secondary N) is 1. The molecule has 0 amide bonds. The van der Waals surface area contributed by atoms with Crippen LogP contribution in [-0.2, 0) is 19.6 Å². The summed E-state index contributed by atoms with van der Waals surface area (Å²) in [6.45, 7) is 2.26. The number of rotatable bonds is 10. The molecule has 2 rings (SSSR count). The van der Waals surface area contributed by atoms with Crippen LogP contribution in [-0.4, -0.2) is 40.4 Å². The van der Waals surface area contributed by atoms with Gasteiger partial charge in [0.2, 0.25) is 0 Å². The van der Waals surface area contributed by atoms with E-state index < -0.39 is 16.0 Å². The Hall–Kier alpha value is -3.38. The lowest BCUT2D eigenvalue weighted by Gasteiger charge is -2.23. The molecule has 0 atom stereocenters. The molecule has 9 heteroatoms. The number of anilines is 2. The van der Waals surface area contributed by atoms with Crippen molar-refractivity contribution in [2.45, 2.75) is 18.2 Å². The Kier molecular flexibility index (Phi) is 7.74. The van der Waals surface area contributed by atoms with Gasteiger partial charge in [-0.25, -0.2) is 8.42 Å². The molecule has 152 valence electrons. The summed E-state index contributed by atoms with van der Waals surface area (Å²) in [5.74, 6) is -0.395. The first-order valence-electron chi connectivity index (χ1n) is 8.79. The van der Waals surface area contributed by atoms with Gasteiger partial charge in [-0.2, -0.15) is 5.26 Å². The molecule has 0 aliphatic carbocycles. The third-order valence-electron chi connectivity index (χ3n) is 4.00. The highest BCUT2D eigenvalue weighted by atomic mass is 32.2. The van der Waals surface area contributed by atoms with E-state index in [1.807, 2.05) is 4.90 Å². The number of sulfonamides is 1. The number of benzene rings is 2. The predicted octanol–water partition coefficient (Wildman–Crippen LogP) is 2.58. The number of carbonyl (C=O) groups is 2. The second-order valence-electron chi connectivity index (χ2n) is 6.04. The van der Waals surface area contributed by atoms with Gasteiger partial charge in [-0.15, -0.1) is 0 Å². The van der Waals surface area contributed by atoms with Crippen LogP contribution in [0.4, 0.5) is 11.4 Å². The van der Waals surface area contributed by atoms with Gasteiger partial charge in [0.25, 0.3) is 10.0 Å². The van der Waals surface area contributed by atoms with Crippen LogP contribution in [0.1, 0.15) is 23.7 Å². The summed E-state index contributed by atoms with van der Waals surface area (Å²) in [6, 6.07) is 14.5. The van der Waals surface area contributed by atoms with Crippen LogP contribution in [0, 0.1) is 11.3 Å². The molecule has 29 heavy (non-hydrogen) atoms. The maximum Gasteiger partial charge on any atom is 0.302 e. The number of nitriles is 1. The average molecular weight is 415 g/mol. The zero-order chi connectivity index (χ0) is 21.3. The maximum absolute atomic E-state index is 12.6. The Labute approximate surface area is 169 Å². The van der Waals surface area contributed by atoms with Crippen molar-refractivity contribution in [3.63, 3.8) is 0 Å². The smallest absolute Gasteiger partial charge is 0.302 e. The molecule has 0 saturated heterocycles. The summed E-state index contributed by atoms with van der Waals surface area (Å²) in [4.78, 5) is 23.9. The van der Waals surface area contributed by atoms with Gasteiger partial charge in [-0.05, 0) is 36.4 Å². The van der Waals surface area contributed by atoms with Gasteiger partial charge in [0.15, 0.2) is 6.29 Å². The number of hydrogen-bond acceptors (Lipinski definition) is 7. The molecule has 2 aromatic rings. The summed E-state index contributed by atoms with van der Waals surface area (Å²) < 4.78 is 32.6. The normalized spacial score (nSPS) is 10.6. The molecule has 0 radical (unpaired) electrons. The van der Waals surface area contributed by atoms with Gasteiger partial charge in [0, 0.05) is 24.7 Å².